The summed E-state index contributed by atoms with van der Waals surface area (Å²) in [5.74, 6) is -1.99. The highest BCUT2D eigenvalue weighted by Gasteiger charge is 2.38. The average Bonchev–Trinajstić information content (AvgIpc) is 3.32. The Bertz CT molecular complexity index is 1140. The first-order valence-electron chi connectivity index (χ1n) is 10.5. The van der Waals surface area contributed by atoms with Gasteiger partial charge in [0.05, 0.1) is 12.1 Å². The first-order chi connectivity index (χ1) is 16.5. The monoisotopic (exact) mass is 492 g/mol. The quantitative estimate of drug-likeness (QED) is 0.420. The minimum atomic E-state index is -5.08. The van der Waals surface area contributed by atoms with Crippen molar-refractivity contribution in [2.24, 2.45) is 5.92 Å². The number of nitrogens with one attached hydrogen (secondary N) is 2. The zero-order valence-corrected chi connectivity index (χ0v) is 18.5. The maximum absolute atomic E-state index is 11.8. The van der Waals surface area contributed by atoms with Crippen LogP contribution < -0.4 is 10.2 Å². The third-order valence-electron chi connectivity index (χ3n) is 5.20. The molecule has 186 valence electrons. The second-order valence-electron chi connectivity index (χ2n) is 7.88. The zero-order valence-electron chi connectivity index (χ0n) is 18.5. The van der Waals surface area contributed by atoms with Gasteiger partial charge in [0.15, 0.2) is 0 Å². The molecule has 3 aromatic rings. The summed E-state index contributed by atoms with van der Waals surface area (Å²) in [5, 5.41) is 26.7. The second-order valence-corrected chi connectivity index (χ2v) is 7.88. The number of alkyl halides is 3. The van der Waals surface area contributed by atoms with E-state index in [0.29, 0.717) is 31.3 Å². The van der Waals surface area contributed by atoms with E-state index in [1.807, 2.05) is 42.2 Å². The van der Waals surface area contributed by atoms with E-state index < -0.39 is 24.0 Å². The lowest BCUT2D eigenvalue weighted by molar-refractivity contribution is -0.192. The smallest absolute Gasteiger partial charge is 0.481 e. The van der Waals surface area contributed by atoms with Crippen molar-refractivity contribution in [2.75, 3.05) is 23.3 Å². The molecule has 1 aliphatic rings. The van der Waals surface area contributed by atoms with E-state index in [1.165, 1.54) is 0 Å². The van der Waals surface area contributed by atoms with E-state index >= 15 is 0 Å². The molecular formula is C22H23F3N6O4. The maximum atomic E-state index is 11.8. The molecule has 0 saturated carbocycles. The number of aromatic amines is 1. The Labute approximate surface area is 197 Å². The zero-order chi connectivity index (χ0) is 25.6. The number of aromatic nitrogens is 4. The van der Waals surface area contributed by atoms with Gasteiger partial charge in [-0.25, -0.2) is 9.78 Å². The number of hydrogen-bond acceptors (Lipinski definition) is 7. The van der Waals surface area contributed by atoms with Crippen LogP contribution >= 0.6 is 0 Å². The van der Waals surface area contributed by atoms with Crippen molar-refractivity contribution in [1.82, 2.24) is 20.2 Å². The Morgan fingerprint density at radius 3 is 2.37 bits per heavy atom. The molecule has 1 saturated heterocycles. The van der Waals surface area contributed by atoms with Gasteiger partial charge in [0, 0.05) is 36.8 Å². The number of rotatable bonds is 5. The number of H-pyrrole nitrogens is 1. The molecule has 2 atom stereocenters. The van der Waals surface area contributed by atoms with Gasteiger partial charge in [-0.3, -0.25) is 9.89 Å². The summed E-state index contributed by atoms with van der Waals surface area (Å²) >= 11 is 0. The number of hydrogen-bond donors (Lipinski definition) is 4. The van der Waals surface area contributed by atoms with Gasteiger partial charge in [-0.1, -0.05) is 30.3 Å². The maximum Gasteiger partial charge on any atom is 0.490 e. The fourth-order valence-electron chi connectivity index (χ4n) is 3.63. The summed E-state index contributed by atoms with van der Waals surface area (Å²) in [5.41, 5.74) is 1.95. The molecule has 35 heavy (non-hydrogen) atoms. The average molecular weight is 492 g/mol. The van der Waals surface area contributed by atoms with Crippen molar-refractivity contribution < 1.29 is 33.0 Å². The Hall–Kier alpha value is -4.16. The third kappa shape index (κ3) is 7.16. The van der Waals surface area contributed by atoms with Crippen LogP contribution in [0.5, 0.6) is 0 Å². The fraction of sp³-hybridized carbons (Fsp3) is 0.318. The third-order valence-corrected chi connectivity index (χ3v) is 5.20. The number of nitrogens with zero attached hydrogens (tertiary/aromatic N) is 4. The molecule has 0 amide bonds. The highest BCUT2D eigenvalue weighted by molar-refractivity contribution is 5.73. The number of aryl methyl sites for hydroxylation is 1. The Kier molecular flexibility index (Phi) is 7.89. The summed E-state index contributed by atoms with van der Waals surface area (Å²) in [7, 11) is 0. The normalized spacial score (nSPS) is 17.8. The van der Waals surface area contributed by atoms with Crippen molar-refractivity contribution >= 4 is 29.5 Å². The fourth-order valence-corrected chi connectivity index (χ4v) is 3.63. The van der Waals surface area contributed by atoms with Crippen LogP contribution in [0.4, 0.5) is 30.8 Å². The first-order valence-corrected chi connectivity index (χ1v) is 10.5. The molecule has 1 aliphatic heterocycles. The topological polar surface area (TPSA) is 144 Å². The number of halogens is 3. The van der Waals surface area contributed by atoms with Gasteiger partial charge in [0.2, 0.25) is 5.95 Å². The van der Waals surface area contributed by atoms with E-state index in [-0.39, 0.29) is 5.92 Å². The summed E-state index contributed by atoms with van der Waals surface area (Å²) in [6, 6.07) is 13.7. The Balaban J connectivity index is 0.000000429. The number of piperidine rings is 1. The lowest BCUT2D eigenvalue weighted by Crippen LogP contribution is -2.43. The lowest BCUT2D eigenvalue weighted by atomic mass is 9.84. The molecule has 2 aromatic heterocycles. The summed E-state index contributed by atoms with van der Waals surface area (Å²) in [6.45, 7) is 2.98. The van der Waals surface area contributed by atoms with E-state index in [1.54, 1.807) is 6.20 Å². The van der Waals surface area contributed by atoms with Crippen LogP contribution in [-0.4, -0.2) is 61.6 Å². The van der Waals surface area contributed by atoms with Crippen LogP contribution in [-0.2, 0) is 9.59 Å². The minimum Gasteiger partial charge on any atom is -0.481 e. The van der Waals surface area contributed by atoms with E-state index in [2.05, 4.69) is 37.6 Å². The summed E-state index contributed by atoms with van der Waals surface area (Å²) < 4.78 is 31.7. The van der Waals surface area contributed by atoms with Crippen LogP contribution in [0.25, 0.3) is 0 Å². The van der Waals surface area contributed by atoms with E-state index in [4.69, 9.17) is 9.90 Å². The van der Waals surface area contributed by atoms with Gasteiger partial charge in [-0.15, -0.1) is 0 Å². The largest absolute Gasteiger partial charge is 0.490 e. The van der Waals surface area contributed by atoms with Crippen molar-refractivity contribution in [1.29, 1.82) is 0 Å². The van der Waals surface area contributed by atoms with Crippen LogP contribution in [0.15, 0.2) is 48.7 Å². The molecule has 13 heteroatoms. The van der Waals surface area contributed by atoms with Crippen LogP contribution in [0.1, 0.15) is 23.6 Å². The van der Waals surface area contributed by atoms with Gasteiger partial charge in [0.1, 0.15) is 11.6 Å². The lowest BCUT2D eigenvalue weighted by Gasteiger charge is -2.36. The van der Waals surface area contributed by atoms with Crippen molar-refractivity contribution in [3.05, 3.63) is 59.9 Å². The molecule has 0 bridgehead atoms. The molecule has 10 nitrogen and oxygen atoms in total. The van der Waals surface area contributed by atoms with Crippen molar-refractivity contribution in [2.45, 2.75) is 25.4 Å². The van der Waals surface area contributed by atoms with Crippen LogP contribution in [0.3, 0.4) is 0 Å². The number of carbonyl (C=O) groups is 2. The van der Waals surface area contributed by atoms with Gasteiger partial charge >= 0.3 is 18.1 Å². The SMILES string of the molecule is Cc1cc(Nc2ccn[nH]2)nc(N2C[C@@H](C(=O)O)C[C@@H](c3ccccc3)C2)n1.O=C(O)C(F)(F)F. The highest BCUT2D eigenvalue weighted by Crippen LogP contribution is 2.32. The highest BCUT2D eigenvalue weighted by atomic mass is 19.4. The molecule has 0 radical (unpaired) electrons. The number of aliphatic carboxylic acids is 2. The molecule has 1 fully saturated rings. The first kappa shape index (κ1) is 25.5. The molecule has 1 aromatic carbocycles. The number of benzene rings is 1. The Morgan fingerprint density at radius 2 is 1.80 bits per heavy atom. The molecule has 0 aliphatic carbocycles. The second kappa shape index (κ2) is 10.8. The van der Waals surface area contributed by atoms with Crippen LogP contribution in [0.2, 0.25) is 0 Å². The number of carboxylic acid groups (broad SMARTS) is 2. The number of anilines is 3. The van der Waals surface area contributed by atoms with E-state index in [0.717, 1.165) is 17.1 Å². The molecular weight excluding hydrogens is 469 g/mol. The molecule has 3 heterocycles. The van der Waals surface area contributed by atoms with E-state index in [9.17, 15) is 23.1 Å². The number of carboxylic acids is 2. The minimum absolute atomic E-state index is 0.115. The van der Waals surface area contributed by atoms with Crippen molar-refractivity contribution in [3.63, 3.8) is 0 Å². The van der Waals surface area contributed by atoms with Crippen LogP contribution in [0, 0.1) is 12.8 Å². The predicted octanol–water partition coefficient (Wildman–Crippen LogP) is 3.58. The molecule has 4 rings (SSSR count). The predicted molar refractivity (Wildman–Crippen MR) is 119 cm³/mol. The van der Waals surface area contributed by atoms with Gasteiger partial charge in [0.25, 0.3) is 0 Å². The molecule has 4 N–H and O–H groups in total. The van der Waals surface area contributed by atoms with Crippen molar-refractivity contribution in [3.8, 4) is 0 Å². The Morgan fingerprint density at radius 1 is 1.11 bits per heavy atom. The summed E-state index contributed by atoms with van der Waals surface area (Å²) in [6.07, 6.45) is -2.81. The van der Waals surface area contributed by atoms with Gasteiger partial charge < -0.3 is 20.4 Å². The van der Waals surface area contributed by atoms with Gasteiger partial charge in [-0.2, -0.15) is 23.3 Å². The standard InChI is InChI=1S/C20H22N6O2.C2HF3O2/c1-13-9-18(23-17-7-8-21-25-17)24-20(22-13)26-11-15(10-16(12-26)19(27)28)14-5-3-2-4-6-14;3-2(4,5)1(6)7/h2-9,15-16H,10-12H2,1H3,(H,27,28)(H2,21,22,23,24,25);(H,6,7)/t15-,16+;/m1./s1. The summed E-state index contributed by atoms with van der Waals surface area (Å²) in [4.78, 5) is 31.8. The molecule has 0 spiro atoms. The molecule has 0 unspecified atom stereocenters. The van der Waals surface area contributed by atoms with Gasteiger partial charge in [-0.05, 0) is 18.9 Å².